The predicted molar refractivity (Wildman–Crippen MR) is 136 cm³/mol. The van der Waals surface area contributed by atoms with Crippen LogP contribution in [0.4, 0.5) is 5.69 Å². The van der Waals surface area contributed by atoms with Crippen LogP contribution in [0.1, 0.15) is 88.8 Å². The van der Waals surface area contributed by atoms with Gasteiger partial charge in [-0.05, 0) is 50.8 Å². The Bertz CT molecular complexity index is 1290. The van der Waals surface area contributed by atoms with Crippen LogP contribution in [0.5, 0.6) is 5.88 Å². The van der Waals surface area contributed by atoms with Gasteiger partial charge in [-0.25, -0.2) is 4.79 Å². The van der Waals surface area contributed by atoms with Crippen LogP contribution in [-0.4, -0.2) is 25.9 Å². The average molecular weight is 477 g/mol. The Balaban J connectivity index is 1.65. The first-order valence-corrected chi connectivity index (χ1v) is 12.7. The number of benzene rings is 1. The standard InChI is InChI=1S/C27H32N4O4/c1-18-22(26(34)31(28-18)21-15-9-4-10-16-21)17-23-24(32)29(19-11-5-2-6-12-19)27(35)30(25(23)33)20-13-7-3-8-14-20/h4,9-10,15-17,19-20,32H,2-3,5-8,11-14H2,1H3/b22-17-. The minimum Gasteiger partial charge on any atom is -0.494 e. The van der Waals surface area contributed by atoms with Crippen molar-refractivity contribution < 1.29 is 9.90 Å². The van der Waals surface area contributed by atoms with Crippen molar-refractivity contribution >= 4 is 23.4 Å². The maximum atomic E-state index is 13.7. The van der Waals surface area contributed by atoms with Crippen molar-refractivity contribution in [1.29, 1.82) is 0 Å². The monoisotopic (exact) mass is 476 g/mol. The number of nitrogens with zero attached hydrogens (tertiary/aromatic N) is 4. The van der Waals surface area contributed by atoms with Crippen LogP contribution in [0, 0.1) is 0 Å². The number of hydrazone groups is 1. The summed E-state index contributed by atoms with van der Waals surface area (Å²) in [5.41, 5.74) is 0.354. The number of para-hydroxylation sites is 1. The third-order valence-corrected chi connectivity index (χ3v) is 7.56. The van der Waals surface area contributed by atoms with E-state index in [1.54, 1.807) is 19.1 Å². The van der Waals surface area contributed by atoms with Crippen LogP contribution in [-0.2, 0) is 4.79 Å². The van der Waals surface area contributed by atoms with E-state index >= 15 is 0 Å². The summed E-state index contributed by atoms with van der Waals surface area (Å²) in [4.78, 5) is 40.6. The van der Waals surface area contributed by atoms with Gasteiger partial charge in [-0.15, -0.1) is 0 Å². The molecule has 1 amide bonds. The predicted octanol–water partition coefficient (Wildman–Crippen LogP) is 4.53. The second kappa shape index (κ2) is 9.68. The van der Waals surface area contributed by atoms with Crippen LogP contribution < -0.4 is 16.3 Å². The number of hydrogen-bond acceptors (Lipinski definition) is 5. The molecule has 2 heterocycles. The average Bonchev–Trinajstić information content (AvgIpc) is 3.16. The largest absolute Gasteiger partial charge is 0.494 e. The van der Waals surface area contributed by atoms with Gasteiger partial charge < -0.3 is 5.11 Å². The van der Waals surface area contributed by atoms with Gasteiger partial charge >= 0.3 is 5.69 Å². The Hall–Kier alpha value is -3.42. The molecule has 0 spiro atoms. The maximum Gasteiger partial charge on any atom is 0.334 e. The van der Waals surface area contributed by atoms with Crippen LogP contribution in [0.2, 0.25) is 0 Å². The van der Waals surface area contributed by atoms with Crippen molar-refractivity contribution in [2.24, 2.45) is 5.10 Å². The zero-order valence-electron chi connectivity index (χ0n) is 20.2. The first-order chi connectivity index (χ1) is 17.0. The van der Waals surface area contributed by atoms with Crippen LogP contribution in [0.3, 0.4) is 0 Å². The molecule has 1 aromatic heterocycles. The van der Waals surface area contributed by atoms with E-state index < -0.39 is 11.2 Å². The summed E-state index contributed by atoms with van der Waals surface area (Å²) in [5.74, 6) is -0.711. The van der Waals surface area contributed by atoms with E-state index in [1.165, 1.54) is 20.2 Å². The maximum absolute atomic E-state index is 13.7. The van der Waals surface area contributed by atoms with Gasteiger partial charge in [-0.2, -0.15) is 10.1 Å². The molecule has 2 fully saturated rings. The van der Waals surface area contributed by atoms with Gasteiger partial charge in [0.2, 0.25) is 5.88 Å². The van der Waals surface area contributed by atoms with Gasteiger partial charge in [0, 0.05) is 12.1 Å². The van der Waals surface area contributed by atoms with Crippen LogP contribution in [0.15, 0.2) is 50.6 Å². The van der Waals surface area contributed by atoms with Gasteiger partial charge in [0.15, 0.2) is 0 Å². The van der Waals surface area contributed by atoms with E-state index in [4.69, 9.17) is 0 Å². The molecule has 0 atom stereocenters. The number of carbonyl (C=O) groups is 1. The van der Waals surface area contributed by atoms with Crippen molar-refractivity contribution in [2.45, 2.75) is 83.2 Å². The summed E-state index contributed by atoms with van der Waals surface area (Å²) in [7, 11) is 0. The molecule has 0 radical (unpaired) electrons. The lowest BCUT2D eigenvalue weighted by atomic mass is 9.94. The van der Waals surface area contributed by atoms with Crippen molar-refractivity contribution in [3.05, 3.63) is 62.3 Å². The normalized spacial score (nSPS) is 21.1. The van der Waals surface area contributed by atoms with E-state index in [1.807, 2.05) is 18.2 Å². The molecule has 2 aromatic rings. The van der Waals surface area contributed by atoms with E-state index in [-0.39, 0.29) is 35.0 Å². The van der Waals surface area contributed by atoms with Gasteiger partial charge in [-0.3, -0.25) is 18.7 Å². The number of carbonyl (C=O) groups excluding carboxylic acids is 1. The lowest BCUT2D eigenvalue weighted by Gasteiger charge is -2.29. The molecular weight excluding hydrogens is 444 g/mol. The Morgan fingerprint density at radius 2 is 1.43 bits per heavy atom. The van der Waals surface area contributed by atoms with Crippen molar-refractivity contribution in [2.75, 3.05) is 5.01 Å². The molecular formula is C27H32N4O4. The fraction of sp³-hybridized carbons (Fsp3) is 0.481. The van der Waals surface area contributed by atoms with Crippen molar-refractivity contribution in [3.8, 4) is 5.88 Å². The highest BCUT2D eigenvalue weighted by Crippen LogP contribution is 2.33. The second-order valence-corrected chi connectivity index (χ2v) is 9.84. The summed E-state index contributed by atoms with van der Waals surface area (Å²) in [6.07, 6.45) is 10.6. The second-order valence-electron chi connectivity index (χ2n) is 9.84. The molecule has 5 rings (SSSR count). The molecule has 0 bridgehead atoms. The highest BCUT2D eigenvalue weighted by Gasteiger charge is 2.32. The van der Waals surface area contributed by atoms with E-state index in [2.05, 4.69) is 5.10 Å². The first kappa shape index (κ1) is 23.3. The molecule has 0 unspecified atom stereocenters. The number of aromatic nitrogens is 2. The fourth-order valence-electron chi connectivity index (χ4n) is 5.68. The van der Waals surface area contributed by atoms with Crippen LogP contribution in [0.25, 0.3) is 6.08 Å². The highest BCUT2D eigenvalue weighted by molar-refractivity contribution is 6.32. The molecule has 35 heavy (non-hydrogen) atoms. The number of amides is 1. The third-order valence-electron chi connectivity index (χ3n) is 7.56. The molecule has 184 valence electrons. The zero-order valence-corrected chi connectivity index (χ0v) is 20.2. The smallest absolute Gasteiger partial charge is 0.334 e. The summed E-state index contributed by atoms with van der Waals surface area (Å²) < 4.78 is 2.77. The molecule has 0 saturated heterocycles. The minimum atomic E-state index is -0.530. The molecule has 1 N–H and O–H groups in total. The van der Waals surface area contributed by atoms with Crippen LogP contribution >= 0.6 is 0 Å². The number of hydrogen-bond donors (Lipinski definition) is 1. The molecule has 1 aromatic carbocycles. The molecule has 8 nitrogen and oxygen atoms in total. The Labute approximate surface area is 204 Å². The lowest BCUT2D eigenvalue weighted by Crippen LogP contribution is -2.45. The van der Waals surface area contributed by atoms with E-state index in [0.717, 1.165) is 64.2 Å². The van der Waals surface area contributed by atoms with Crippen molar-refractivity contribution in [1.82, 2.24) is 9.13 Å². The summed E-state index contributed by atoms with van der Waals surface area (Å²) in [6.45, 7) is 1.71. The SMILES string of the molecule is CC1=NN(c2ccccc2)C(=O)/C1=C\c1c(O)n(C2CCCCC2)c(=O)n(C2CCCCC2)c1=O. The Morgan fingerprint density at radius 1 is 0.857 bits per heavy atom. The third kappa shape index (κ3) is 4.26. The number of rotatable bonds is 4. The Morgan fingerprint density at radius 3 is 2.03 bits per heavy atom. The lowest BCUT2D eigenvalue weighted by molar-refractivity contribution is -0.114. The summed E-state index contributed by atoms with van der Waals surface area (Å²) in [5, 5.41) is 17.0. The molecule has 8 heteroatoms. The van der Waals surface area contributed by atoms with E-state index in [0.29, 0.717) is 11.4 Å². The number of anilines is 1. The molecule has 1 aliphatic heterocycles. The van der Waals surface area contributed by atoms with Gasteiger partial charge in [0.25, 0.3) is 11.5 Å². The summed E-state index contributed by atoms with van der Waals surface area (Å²) >= 11 is 0. The number of aromatic hydroxyl groups is 1. The molecule has 2 saturated carbocycles. The molecule has 2 aliphatic carbocycles. The van der Waals surface area contributed by atoms with Gasteiger partial charge in [0.05, 0.1) is 17.0 Å². The Kier molecular flexibility index (Phi) is 6.45. The summed E-state index contributed by atoms with van der Waals surface area (Å²) in [6, 6.07) is 8.73. The van der Waals surface area contributed by atoms with Gasteiger partial charge in [0.1, 0.15) is 5.56 Å². The topological polar surface area (TPSA) is 96.9 Å². The first-order valence-electron chi connectivity index (χ1n) is 12.7. The van der Waals surface area contributed by atoms with E-state index in [9.17, 15) is 19.5 Å². The molecule has 3 aliphatic rings. The van der Waals surface area contributed by atoms with Gasteiger partial charge in [-0.1, -0.05) is 56.7 Å². The fourth-order valence-corrected chi connectivity index (χ4v) is 5.68. The zero-order chi connectivity index (χ0) is 24.5. The minimum absolute atomic E-state index is 0.00596. The van der Waals surface area contributed by atoms with Crippen molar-refractivity contribution in [3.63, 3.8) is 0 Å². The highest BCUT2D eigenvalue weighted by atomic mass is 16.3. The quantitative estimate of drug-likeness (QED) is 0.656.